The fourth-order valence-corrected chi connectivity index (χ4v) is 5.17. The van der Waals surface area contributed by atoms with Crippen LogP contribution in [0.4, 0.5) is 5.69 Å². The Labute approximate surface area is 165 Å². The molecule has 144 valence electrons. The maximum atomic E-state index is 13.2. The van der Waals surface area contributed by atoms with Gasteiger partial charge < -0.3 is 5.32 Å². The van der Waals surface area contributed by atoms with Crippen molar-refractivity contribution in [3.63, 3.8) is 0 Å². The van der Waals surface area contributed by atoms with Crippen molar-refractivity contribution in [3.8, 4) is 0 Å². The van der Waals surface area contributed by atoms with Gasteiger partial charge in [-0.05, 0) is 49.2 Å². The number of benzene rings is 2. The predicted molar refractivity (Wildman–Crippen MR) is 107 cm³/mol. The van der Waals surface area contributed by atoms with Crippen molar-refractivity contribution in [2.45, 2.75) is 43.0 Å². The average Bonchev–Trinajstić information content (AvgIpc) is 2.69. The van der Waals surface area contributed by atoms with Crippen molar-refractivity contribution in [2.75, 3.05) is 11.9 Å². The number of nitrogens with one attached hydrogen (secondary N) is 1. The summed E-state index contributed by atoms with van der Waals surface area (Å²) < 4.78 is 27.8. The summed E-state index contributed by atoms with van der Waals surface area (Å²) in [5.74, 6) is -0.359. The van der Waals surface area contributed by atoms with Crippen LogP contribution in [0.15, 0.2) is 59.5 Å². The van der Waals surface area contributed by atoms with Gasteiger partial charge in [-0.25, -0.2) is 8.42 Å². The van der Waals surface area contributed by atoms with Gasteiger partial charge in [0, 0.05) is 16.8 Å². The topological polar surface area (TPSA) is 66.5 Å². The predicted octanol–water partition coefficient (Wildman–Crippen LogP) is 4.30. The number of nitrogens with zero attached hydrogens (tertiary/aromatic N) is 1. The van der Waals surface area contributed by atoms with Gasteiger partial charge in [0.05, 0.1) is 11.4 Å². The number of sulfonamides is 1. The second-order valence-electron chi connectivity index (χ2n) is 6.71. The van der Waals surface area contributed by atoms with E-state index in [1.165, 1.54) is 4.31 Å². The smallest absolute Gasteiger partial charge is 0.243 e. The molecule has 7 heteroatoms. The first kappa shape index (κ1) is 19.9. The van der Waals surface area contributed by atoms with E-state index >= 15 is 0 Å². The molecule has 0 atom stereocenters. The van der Waals surface area contributed by atoms with E-state index in [1.807, 2.05) is 0 Å². The summed E-state index contributed by atoms with van der Waals surface area (Å²) in [7, 11) is -3.74. The fourth-order valence-electron chi connectivity index (χ4n) is 3.38. The third-order valence-electron chi connectivity index (χ3n) is 4.76. The summed E-state index contributed by atoms with van der Waals surface area (Å²) in [4.78, 5) is 12.8. The van der Waals surface area contributed by atoms with Crippen LogP contribution in [0.5, 0.6) is 0 Å². The first-order valence-corrected chi connectivity index (χ1v) is 10.9. The third kappa shape index (κ3) is 5.09. The van der Waals surface area contributed by atoms with E-state index in [0.717, 1.165) is 32.1 Å². The van der Waals surface area contributed by atoms with Crippen molar-refractivity contribution < 1.29 is 13.2 Å². The largest absolute Gasteiger partial charge is 0.325 e. The van der Waals surface area contributed by atoms with Crippen LogP contribution in [0.2, 0.25) is 5.02 Å². The monoisotopic (exact) mass is 406 g/mol. The van der Waals surface area contributed by atoms with Crippen LogP contribution in [0.1, 0.15) is 32.1 Å². The van der Waals surface area contributed by atoms with Crippen LogP contribution in [-0.4, -0.2) is 31.2 Å². The lowest BCUT2D eigenvalue weighted by Crippen LogP contribution is -2.45. The molecule has 1 aliphatic carbocycles. The van der Waals surface area contributed by atoms with Crippen LogP contribution in [0.3, 0.4) is 0 Å². The van der Waals surface area contributed by atoms with E-state index in [1.54, 1.807) is 54.6 Å². The SMILES string of the molecule is O=C(CN(C1CCCCC1)S(=O)(=O)c1ccccc1)Nc1ccc(Cl)cc1. The van der Waals surface area contributed by atoms with Gasteiger partial charge in [0.1, 0.15) is 0 Å². The number of amides is 1. The summed E-state index contributed by atoms with van der Waals surface area (Å²) in [5.41, 5.74) is 0.588. The average molecular weight is 407 g/mol. The zero-order chi connectivity index (χ0) is 19.3. The zero-order valence-electron chi connectivity index (χ0n) is 15.0. The van der Waals surface area contributed by atoms with Crippen molar-refractivity contribution in [1.29, 1.82) is 0 Å². The molecule has 27 heavy (non-hydrogen) atoms. The van der Waals surface area contributed by atoms with Crippen LogP contribution in [0, 0.1) is 0 Å². The van der Waals surface area contributed by atoms with Gasteiger partial charge in [-0.1, -0.05) is 49.1 Å². The van der Waals surface area contributed by atoms with E-state index in [4.69, 9.17) is 11.6 Å². The van der Waals surface area contributed by atoms with Crippen molar-refractivity contribution in [3.05, 3.63) is 59.6 Å². The van der Waals surface area contributed by atoms with Gasteiger partial charge in [-0.2, -0.15) is 4.31 Å². The summed E-state index contributed by atoms with van der Waals surface area (Å²) in [6, 6.07) is 14.9. The van der Waals surface area contributed by atoms with Gasteiger partial charge in [-0.15, -0.1) is 0 Å². The molecule has 0 bridgehead atoms. The van der Waals surface area contributed by atoms with E-state index in [-0.39, 0.29) is 23.4 Å². The van der Waals surface area contributed by atoms with E-state index in [9.17, 15) is 13.2 Å². The Bertz CT molecular complexity index is 864. The second-order valence-corrected chi connectivity index (χ2v) is 9.04. The number of hydrogen-bond acceptors (Lipinski definition) is 3. The van der Waals surface area contributed by atoms with Crippen molar-refractivity contribution in [2.24, 2.45) is 0 Å². The number of rotatable bonds is 6. The van der Waals surface area contributed by atoms with Crippen molar-refractivity contribution in [1.82, 2.24) is 4.31 Å². The molecule has 5 nitrogen and oxygen atoms in total. The first-order chi connectivity index (χ1) is 13.0. The number of hydrogen-bond donors (Lipinski definition) is 1. The molecule has 1 fully saturated rings. The molecule has 0 unspecified atom stereocenters. The van der Waals surface area contributed by atoms with Gasteiger partial charge in [0.2, 0.25) is 15.9 Å². The van der Waals surface area contributed by atoms with Crippen molar-refractivity contribution >= 4 is 33.2 Å². The zero-order valence-corrected chi connectivity index (χ0v) is 16.5. The van der Waals surface area contributed by atoms with E-state index in [0.29, 0.717) is 10.7 Å². The number of carbonyl (C=O) groups excluding carboxylic acids is 1. The summed E-state index contributed by atoms with van der Waals surface area (Å²) in [6.07, 6.45) is 4.61. The molecule has 2 aromatic rings. The van der Waals surface area contributed by atoms with Crippen LogP contribution in [0.25, 0.3) is 0 Å². The molecule has 0 aromatic heterocycles. The molecule has 3 rings (SSSR count). The number of carbonyl (C=O) groups is 1. The Hall–Kier alpha value is -1.89. The lowest BCUT2D eigenvalue weighted by atomic mass is 9.95. The lowest BCUT2D eigenvalue weighted by Gasteiger charge is -2.33. The van der Waals surface area contributed by atoms with Gasteiger partial charge >= 0.3 is 0 Å². The lowest BCUT2D eigenvalue weighted by molar-refractivity contribution is -0.116. The standard InChI is InChI=1S/C20H23ClN2O3S/c21-16-11-13-17(14-12-16)22-20(24)15-23(18-7-3-1-4-8-18)27(25,26)19-9-5-2-6-10-19/h2,5-6,9-14,18H,1,3-4,7-8,15H2,(H,22,24). The first-order valence-electron chi connectivity index (χ1n) is 9.09. The Kier molecular flexibility index (Phi) is 6.52. The Morgan fingerprint density at radius 3 is 2.26 bits per heavy atom. The van der Waals surface area contributed by atoms with Gasteiger partial charge in [0.25, 0.3) is 0 Å². The normalized spacial score (nSPS) is 15.6. The summed E-state index contributed by atoms with van der Waals surface area (Å²) in [5, 5.41) is 3.33. The van der Waals surface area contributed by atoms with E-state index < -0.39 is 10.0 Å². The molecule has 1 amide bonds. The highest BCUT2D eigenvalue weighted by atomic mass is 35.5. The molecule has 0 saturated heterocycles. The molecule has 0 heterocycles. The molecular weight excluding hydrogens is 384 g/mol. The van der Waals surface area contributed by atoms with Crippen LogP contribution >= 0.6 is 11.6 Å². The van der Waals surface area contributed by atoms with Gasteiger partial charge in [-0.3, -0.25) is 4.79 Å². The highest BCUT2D eigenvalue weighted by Crippen LogP contribution is 2.27. The minimum absolute atomic E-state index is 0.153. The van der Waals surface area contributed by atoms with Gasteiger partial charge in [0.15, 0.2) is 0 Å². The quantitative estimate of drug-likeness (QED) is 0.777. The molecule has 1 N–H and O–H groups in total. The molecule has 0 radical (unpaired) electrons. The maximum absolute atomic E-state index is 13.2. The Morgan fingerprint density at radius 1 is 1.00 bits per heavy atom. The van der Waals surface area contributed by atoms with Crippen LogP contribution < -0.4 is 5.32 Å². The molecule has 2 aromatic carbocycles. The Balaban J connectivity index is 1.81. The highest BCUT2D eigenvalue weighted by Gasteiger charge is 2.33. The van der Waals surface area contributed by atoms with Crippen LogP contribution in [-0.2, 0) is 14.8 Å². The minimum atomic E-state index is -3.74. The molecular formula is C20H23ClN2O3S. The number of anilines is 1. The Morgan fingerprint density at radius 2 is 1.63 bits per heavy atom. The molecule has 1 aliphatic rings. The molecule has 1 saturated carbocycles. The summed E-state index contributed by atoms with van der Waals surface area (Å²) >= 11 is 5.86. The third-order valence-corrected chi connectivity index (χ3v) is 6.92. The maximum Gasteiger partial charge on any atom is 0.243 e. The molecule has 0 aliphatic heterocycles. The minimum Gasteiger partial charge on any atom is -0.325 e. The summed E-state index contributed by atoms with van der Waals surface area (Å²) in [6.45, 7) is -0.204. The number of halogens is 1. The molecule has 0 spiro atoms. The second kappa shape index (κ2) is 8.87. The fraction of sp³-hybridized carbons (Fsp3) is 0.350. The van der Waals surface area contributed by atoms with E-state index in [2.05, 4.69) is 5.32 Å². The highest BCUT2D eigenvalue weighted by molar-refractivity contribution is 7.89.